The van der Waals surface area contributed by atoms with Crippen LogP contribution >= 0.6 is 11.3 Å². The quantitative estimate of drug-likeness (QED) is 0.543. The van der Waals surface area contributed by atoms with E-state index < -0.39 is 0 Å². The molecular formula is C18H16N4O2S. The molecule has 2 aromatic heterocycles. The van der Waals surface area contributed by atoms with Gasteiger partial charge in [-0.05, 0) is 43.3 Å². The summed E-state index contributed by atoms with van der Waals surface area (Å²) in [7, 11) is 1.64. The van der Waals surface area contributed by atoms with E-state index in [1.807, 2.05) is 61.5 Å². The van der Waals surface area contributed by atoms with Gasteiger partial charge in [0, 0.05) is 5.56 Å². The number of nitrogens with zero attached hydrogens (tertiary/aromatic N) is 4. The Kier molecular flexibility index (Phi) is 4.07. The number of rotatable bonds is 5. The van der Waals surface area contributed by atoms with Crippen LogP contribution in [0.15, 0.2) is 54.6 Å². The molecule has 0 spiro atoms. The van der Waals surface area contributed by atoms with Gasteiger partial charge >= 0.3 is 0 Å². The average molecular weight is 352 g/mol. The molecule has 0 aliphatic rings. The summed E-state index contributed by atoms with van der Waals surface area (Å²) in [4.78, 5) is 0.740. The van der Waals surface area contributed by atoms with Crippen molar-refractivity contribution < 1.29 is 9.47 Å². The number of ether oxygens (including phenoxy) is 2. The van der Waals surface area contributed by atoms with E-state index in [4.69, 9.17) is 9.47 Å². The predicted octanol–water partition coefficient (Wildman–Crippen LogP) is 4.00. The van der Waals surface area contributed by atoms with Crippen molar-refractivity contribution in [3.63, 3.8) is 0 Å². The molecule has 0 fully saturated rings. The summed E-state index contributed by atoms with van der Waals surface area (Å²) >= 11 is 1.48. The van der Waals surface area contributed by atoms with Gasteiger partial charge in [0.05, 0.1) is 7.11 Å². The Morgan fingerprint density at radius 2 is 1.72 bits per heavy atom. The van der Waals surface area contributed by atoms with Crippen molar-refractivity contribution in [2.75, 3.05) is 7.11 Å². The molecule has 7 heteroatoms. The monoisotopic (exact) mass is 352 g/mol. The fourth-order valence-electron chi connectivity index (χ4n) is 2.47. The van der Waals surface area contributed by atoms with Gasteiger partial charge in [0.15, 0.2) is 10.8 Å². The lowest BCUT2D eigenvalue weighted by Crippen LogP contribution is -2.03. The number of aromatic nitrogens is 4. The Labute approximate surface area is 148 Å². The standard InChI is InChI=1S/C18H16N4O2S/c1-12(24-15-6-4-3-5-7-15)17-21-22-16(19-20-18(22)25-17)13-8-10-14(23-2)11-9-13/h3-12H,1-2H3/t12-/m1/s1. The Balaban J connectivity index is 1.63. The molecule has 2 heterocycles. The Morgan fingerprint density at radius 1 is 0.960 bits per heavy atom. The van der Waals surface area contributed by atoms with E-state index in [1.54, 1.807) is 11.6 Å². The molecule has 4 rings (SSSR count). The van der Waals surface area contributed by atoms with E-state index in [-0.39, 0.29) is 6.10 Å². The summed E-state index contributed by atoms with van der Waals surface area (Å²) in [6, 6.07) is 17.4. The molecule has 1 atom stereocenters. The zero-order chi connectivity index (χ0) is 17.2. The van der Waals surface area contributed by atoms with Gasteiger partial charge in [0.25, 0.3) is 0 Å². The summed E-state index contributed by atoms with van der Waals surface area (Å²) in [6.45, 7) is 1.98. The molecule has 0 saturated carbocycles. The molecule has 126 valence electrons. The van der Waals surface area contributed by atoms with Crippen molar-refractivity contribution in [3.8, 4) is 22.9 Å². The number of benzene rings is 2. The number of fused-ring (bicyclic) bond motifs is 1. The SMILES string of the molecule is COc1ccc(-c2nnc3sc([C@@H](C)Oc4ccccc4)nn23)cc1. The normalized spacial score (nSPS) is 12.2. The van der Waals surface area contributed by atoms with Crippen LogP contribution in [0.3, 0.4) is 0 Å². The van der Waals surface area contributed by atoms with Crippen molar-refractivity contribution in [2.45, 2.75) is 13.0 Å². The van der Waals surface area contributed by atoms with Crippen LogP contribution in [0.1, 0.15) is 18.0 Å². The average Bonchev–Trinajstić information content (AvgIpc) is 3.23. The van der Waals surface area contributed by atoms with Gasteiger partial charge in [-0.15, -0.1) is 10.2 Å². The van der Waals surface area contributed by atoms with Crippen LogP contribution in [0, 0.1) is 0 Å². The van der Waals surface area contributed by atoms with Crippen LogP contribution in [-0.2, 0) is 0 Å². The Hall–Kier alpha value is -2.93. The molecule has 0 saturated heterocycles. The van der Waals surface area contributed by atoms with Crippen LogP contribution < -0.4 is 9.47 Å². The van der Waals surface area contributed by atoms with E-state index in [2.05, 4.69) is 15.3 Å². The molecule has 0 radical (unpaired) electrons. The lowest BCUT2D eigenvalue weighted by atomic mass is 10.2. The second-order valence-electron chi connectivity index (χ2n) is 5.46. The smallest absolute Gasteiger partial charge is 0.235 e. The fraction of sp³-hybridized carbons (Fsp3) is 0.167. The highest BCUT2D eigenvalue weighted by Gasteiger charge is 2.18. The predicted molar refractivity (Wildman–Crippen MR) is 96.1 cm³/mol. The maximum Gasteiger partial charge on any atom is 0.235 e. The van der Waals surface area contributed by atoms with Crippen molar-refractivity contribution in [2.24, 2.45) is 0 Å². The molecule has 4 aromatic rings. The van der Waals surface area contributed by atoms with Gasteiger partial charge in [-0.25, -0.2) is 0 Å². The first-order valence-corrected chi connectivity index (χ1v) is 8.64. The second-order valence-corrected chi connectivity index (χ2v) is 6.45. The maximum absolute atomic E-state index is 5.95. The summed E-state index contributed by atoms with van der Waals surface area (Å²) in [5.74, 6) is 2.32. The first-order chi connectivity index (χ1) is 12.2. The van der Waals surface area contributed by atoms with Crippen LogP contribution in [0.4, 0.5) is 0 Å². The molecule has 2 aromatic carbocycles. The Morgan fingerprint density at radius 3 is 2.44 bits per heavy atom. The third-order valence-electron chi connectivity index (χ3n) is 3.76. The minimum Gasteiger partial charge on any atom is -0.497 e. The summed E-state index contributed by atoms with van der Waals surface area (Å²) in [6.07, 6.45) is -0.169. The summed E-state index contributed by atoms with van der Waals surface area (Å²) in [5.41, 5.74) is 0.932. The van der Waals surface area contributed by atoms with E-state index >= 15 is 0 Å². The maximum atomic E-state index is 5.95. The second kappa shape index (κ2) is 6.52. The highest BCUT2D eigenvalue weighted by atomic mass is 32.1. The summed E-state index contributed by atoms with van der Waals surface area (Å²) in [5, 5.41) is 14.0. The zero-order valence-electron chi connectivity index (χ0n) is 13.8. The molecule has 0 aliphatic heterocycles. The molecule has 0 aliphatic carbocycles. The minimum atomic E-state index is -0.169. The van der Waals surface area contributed by atoms with Crippen molar-refractivity contribution in [1.82, 2.24) is 19.8 Å². The summed E-state index contributed by atoms with van der Waals surface area (Å²) < 4.78 is 12.9. The molecule has 0 bridgehead atoms. The highest BCUT2D eigenvalue weighted by Crippen LogP contribution is 2.28. The number of hydrogen-bond donors (Lipinski definition) is 0. The third kappa shape index (κ3) is 3.06. The van der Waals surface area contributed by atoms with Crippen LogP contribution in [0.5, 0.6) is 11.5 Å². The molecule has 25 heavy (non-hydrogen) atoms. The van der Waals surface area contributed by atoms with Crippen molar-refractivity contribution in [1.29, 1.82) is 0 Å². The Bertz CT molecular complexity index is 979. The highest BCUT2D eigenvalue weighted by molar-refractivity contribution is 7.16. The van der Waals surface area contributed by atoms with Gasteiger partial charge < -0.3 is 9.47 Å². The molecule has 0 N–H and O–H groups in total. The van der Waals surface area contributed by atoms with E-state index in [0.717, 1.165) is 27.0 Å². The lowest BCUT2D eigenvalue weighted by molar-refractivity contribution is 0.225. The van der Waals surface area contributed by atoms with Gasteiger partial charge in [-0.3, -0.25) is 0 Å². The van der Waals surface area contributed by atoms with Gasteiger partial charge in [-0.2, -0.15) is 9.61 Å². The topological polar surface area (TPSA) is 61.5 Å². The van der Waals surface area contributed by atoms with Gasteiger partial charge in [-0.1, -0.05) is 29.5 Å². The number of methoxy groups -OCH3 is 1. The minimum absolute atomic E-state index is 0.169. The molecular weight excluding hydrogens is 336 g/mol. The third-order valence-corrected chi connectivity index (χ3v) is 4.82. The van der Waals surface area contributed by atoms with Gasteiger partial charge in [0.1, 0.15) is 17.6 Å². The first kappa shape index (κ1) is 15.6. The van der Waals surface area contributed by atoms with Crippen LogP contribution in [0.25, 0.3) is 16.3 Å². The van der Waals surface area contributed by atoms with E-state index in [1.165, 1.54) is 11.3 Å². The van der Waals surface area contributed by atoms with Crippen LogP contribution in [-0.4, -0.2) is 26.9 Å². The number of hydrogen-bond acceptors (Lipinski definition) is 6. The van der Waals surface area contributed by atoms with Crippen molar-refractivity contribution >= 4 is 16.3 Å². The van der Waals surface area contributed by atoms with Gasteiger partial charge in [0.2, 0.25) is 4.96 Å². The van der Waals surface area contributed by atoms with Crippen molar-refractivity contribution in [3.05, 3.63) is 59.6 Å². The zero-order valence-corrected chi connectivity index (χ0v) is 14.6. The lowest BCUT2D eigenvalue weighted by Gasteiger charge is -2.11. The first-order valence-electron chi connectivity index (χ1n) is 7.83. The fourth-order valence-corrected chi connectivity index (χ4v) is 3.29. The molecule has 0 amide bonds. The number of para-hydroxylation sites is 1. The van der Waals surface area contributed by atoms with E-state index in [0.29, 0.717) is 5.82 Å². The molecule has 0 unspecified atom stereocenters. The van der Waals surface area contributed by atoms with Crippen LogP contribution in [0.2, 0.25) is 0 Å². The van der Waals surface area contributed by atoms with E-state index in [9.17, 15) is 0 Å². The molecule has 6 nitrogen and oxygen atoms in total. The largest absolute Gasteiger partial charge is 0.497 e.